The normalized spacial score (nSPS) is 11.4. The van der Waals surface area contributed by atoms with Gasteiger partial charge in [-0.3, -0.25) is 0 Å². The fourth-order valence-electron chi connectivity index (χ4n) is 2.36. The summed E-state index contributed by atoms with van der Waals surface area (Å²) in [5, 5.41) is 4.06. The van der Waals surface area contributed by atoms with E-state index in [2.05, 4.69) is 10.3 Å². The summed E-state index contributed by atoms with van der Waals surface area (Å²) in [6.45, 7) is 7.91. The molecule has 128 valence electrons. The number of carbonyl (C=O) groups is 2. The molecule has 2 aromatic rings. The molecule has 0 aliphatic rings. The Hall–Kier alpha value is -2.76. The molecule has 0 saturated heterocycles. The first kappa shape index (κ1) is 17.6. The maximum Gasteiger partial charge on any atom is 0.355 e. The van der Waals surface area contributed by atoms with Gasteiger partial charge in [0, 0.05) is 22.3 Å². The fourth-order valence-corrected chi connectivity index (χ4v) is 2.36. The van der Waals surface area contributed by atoms with Crippen LogP contribution in [0.25, 0.3) is 10.9 Å². The summed E-state index contributed by atoms with van der Waals surface area (Å²) < 4.78 is 9.84. The lowest BCUT2D eigenvalue weighted by atomic mass is 10.1. The van der Waals surface area contributed by atoms with Gasteiger partial charge in [0.25, 0.3) is 0 Å². The topological polar surface area (TPSA) is 80.4 Å². The highest BCUT2D eigenvalue weighted by molar-refractivity contribution is 5.99. The number of aromatic amines is 1. The van der Waals surface area contributed by atoms with E-state index in [1.807, 2.05) is 32.0 Å². The highest BCUT2D eigenvalue weighted by atomic mass is 16.5. The van der Waals surface area contributed by atoms with Crippen LogP contribution >= 0.6 is 0 Å². The van der Waals surface area contributed by atoms with Crippen LogP contribution in [0.15, 0.2) is 30.0 Å². The van der Waals surface area contributed by atoms with Crippen LogP contribution in [0.5, 0.6) is 0 Å². The molecule has 0 spiro atoms. The molecule has 0 radical (unpaired) electrons. The zero-order valence-electron chi connectivity index (χ0n) is 14.4. The van der Waals surface area contributed by atoms with E-state index in [1.165, 1.54) is 5.56 Å². The number of hydrogen-bond acceptors (Lipinski definition) is 5. The maximum atomic E-state index is 12.0. The van der Waals surface area contributed by atoms with Gasteiger partial charge in [0.2, 0.25) is 0 Å². The van der Waals surface area contributed by atoms with Gasteiger partial charge in [0.1, 0.15) is 5.70 Å². The summed E-state index contributed by atoms with van der Waals surface area (Å²) in [6.07, 6.45) is 1.11. The lowest BCUT2D eigenvalue weighted by Crippen LogP contribution is -2.17. The minimum Gasteiger partial charge on any atom is -0.463 e. The van der Waals surface area contributed by atoms with Crippen molar-refractivity contribution in [2.45, 2.75) is 27.7 Å². The lowest BCUT2D eigenvalue weighted by molar-refractivity contribution is -0.140. The fraction of sp³-hybridized carbons (Fsp3) is 0.333. The Bertz CT molecular complexity index is 790. The van der Waals surface area contributed by atoms with Gasteiger partial charge in [-0.15, -0.1) is 0 Å². The third-order valence-corrected chi connectivity index (χ3v) is 3.63. The number of fused-ring (bicyclic) bond motifs is 1. The third kappa shape index (κ3) is 3.95. The van der Waals surface area contributed by atoms with Gasteiger partial charge < -0.3 is 19.8 Å². The highest BCUT2D eigenvalue weighted by Crippen LogP contribution is 2.25. The zero-order valence-corrected chi connectivity index (χ0v) is 14.4. The number of anilines is 1. The average Bonchev–Trinajstić information content (AvgIpc) is 2.81. The molecule has 24 heavy (non-hydrogen) atoms. The SMILES string of the molecule is CCOC(=O)C=C(Nc1ccc2c(C)c(C)[nH]c2c1)C(=O)OCC. The summed E-state index contributed by atoms with van der Waals surface area (Å²) in [5.74, 6) is -1.20. The predicted molar refractivity (Wildman–Crippen MR) is 92.7 cm³/mol. The van der Waals surface area contributed by atoms with Gasteiger partial charge in [-0.2, -0.15) is 0 Å². The van der Waals surface area contributed by atoms with Crippen molar-refractivity contribution < 1.29 is 19.1 Å². The molecule has 1 heterocycles. The highest BCUT2D eigenvalue weighted by Gasteiger charge is 2.14. The van der Waals surface area contributed by atoms with Gasteiger partial charge in [0.05, 0.1) is 19.3 Å². The molecule has 2 N–H and O–H groups in total. The summed E-state index contributed by atoms with van der Waals surface area (Å²) >= 11 is 0. The van der Waals surface area contributed by atoms with E-state index in [0.29, 0.717) is 5.69 Å². The molecule has 6 heteroatoms. The number of H-pyrrole nitrogens is 1. The Labute approximate surface area is 140 Å². The van der Waals surface area contributed by atoms with Crippen molar-refractivity contribution in [3.63, 3.8) is 0 Å². The second-order valence-electron chi connectivity index (χ2n) is 5.29. The second-order valence-corrected chi connectivity index (χ2v) is 5.29. The van der Waals surface area contributed by atoms with E-state index in [9.17, 15) is 9.59 Å². The maximum absolute atomic E-state index is 12.0. The minimum absolute atomic E-state index is 0.0367. The number of nitrogens with one attached hydrogen (secondary N) is 2. The van der Waals surface area contributed by atoms with Crippen molar-refractivity contribution >= 4 is 28.5 Å². The number of aryl methyl sites for hydroxylation is 2. The predicted octanol–water partition coefficient (Wildman–Crippen LogP) is 3.21. The number of benzene rings is 1. The Morgan fingerprint density at radius 2 is 1.88 bits per heavy atom. The van der Waals surface area contributed by atoms with Gasteiger partial charge in [-0.25, -0.2) is 9.59 Å². The molecule has 0 fully saturated rings. The van der Waals surface area contributed by atoms with Gasteiger partial charge in [-0.1, -0.05) is 6.07 Å². The Morgan fingerprint density at radius 1 is 1.17 bits per heavy atom. The number of hydrogen-bond donors (Lipinski definition) is 2. The number of carbonyl (C=O) groups excluding carboxylic acids is 2. The van der Waals surface area contributed by atoms with Gasteiger partial charge in [0.15, 0.2) is 0 Å². The van der Waals surface area contributed by atoms with E-state index in [1.54, 1.807) is 13.8 Å². The Kier molecular flexibility index (Phi) is 5.63. The largest absolute Gasteiger partial charge is 0.463 e. The number of esters is 2. The number of ether oxygens (including phenoxy) is 2. The Balaban J connectivity index is 2.31. The minimum atomic E-state index is -0.607. The van der Waals surface area contributed by atoms with Crippen LogP contribution in [0.1, 0.15) is 25.1 Å². The van der Waals surface area contributed by atoms with E-state index in [-0.39, 0.29) is 18.9 Å². The summed E-state index contributed by atoms with van der Waals surface area (Å²) in [7, 11) is 0. The first-order valence-electron chi connectivity index (χ1n) is 7.87. The molecule has 0 aliphatic heterocycles. The van der Waals surface area contributed by atoms with Crippen LogP contribution in [-0.2, 0) is 19.1 Å². The molecule has 0 saturated carbocycles. The van der Waals surface area contributed by atoms with Crippen LogP contribution in [0.3, 0.4) is 0 Å². The molecule has 1 aromatic heterocycles. The monoisotopic (exact) mass is 330 g/mol. The van der Waals surface area contributed by atoms with Crippen LogP contribution in [0.4, 0.5) is 5.69 Å². The van der Waals surface area contributed by atoms with E-state index >= 15 is 0 Å². The second kappa shape index (κ2) is 7.68. The summed E-state index contributed by atoms with van der Waals surface area (Å²) in [5.41, 5.74) is 3.94. The molecule has 0 bridgehead atoms. The number of rotatable bonds is 6. The molecule has 0 unspecified atom stereocenters. The van der Waals surface area contributed by atoms with Gasteiger partial charge >= 0.3 is 11.9 Å². The molecule has 0 atom stereocenters. The Morgan fingerprint density at radius 3 is 2.54 bits per heavy atom. The summed E-state index contributed by atoms with van der Waals surface area (Å²) in [4.78, 5) is 27.0. The van der Waals surface area contributed by atoms with Crippen molar-refractivity contribution in [2.24, 2.45) is 0 Å². The lowest BCUT2D eigenvalue weighted by Gasteiger charge is -2.10. The van der Waals surface area contributed by atoms with Crippen LogP contribution < -0.4 is 5.32 Å². The smallest absolute Gasteiger partial charge is 0.355 e. The van der Waals surface area contributed by atoms with E-state index in [0.717, 1.165) is 22.7 Å². The van der Waals surface area contributed by atoms with E-state index < -0.39 is 11.9 Å². The van der Waals surface area contributed by atoms with Crippen molar-refractivity contribution in [1.82, 2.24) is 4.98 Å². The molecule has 6 nitrogen and oxygen atoms in total. The molecule has 2 rings (SSSR count). The van der Waals surface area contributed by atoms with Crippen molar-refractivity contribution in [1.29, 1.82) is 0 Å². The molecule has 0 aliphatic carbocycles. The van der Waals surface area contributed by atoms with Crippen LogP contribution in [0, 0.1) is 13.8 Å². The van der Waals surface area contributed by atoms with E-state index in [4.69, 9.17) is 9.47 Å². The first-order valence-corrected chi connectivity index (χ1v) is 7.87. The van der Waals surface area contributed by atoms with Crippen molar-refractivity contribution in [2.75, 3.05) is 18.5 Å². The molecular formula is C18H22N2O4. The third-order valence-electron chi connectivity index (χ3n) is 3.63. The first-order chi connectivity index (χ1) is 11.5. The molecule has 0 amide bonds. The van der Waals surface area contributed by atoms with Crippen molar-refractivity contribution in [3.05, 3.63) is 41.2 Å². The number of aromatic nitrogens is 1. The zero-order chi connectivity index (χ0) is 17.7. The summed E-state index contributed by atoms with van der Waals surface area (Å²) in [6, 6.07) is 5.69. The van der Waals surface area contributed by atoms with Gasteiger partial charge in [-0.05, 0) is 45.4 Å². The molecular weight excluding hydrogens is 308 g/mol. The quantitative estimate of drug-likeness (QED) is 0.628. The standard InChI is InChI=1S/C18H22N2O4/c1-5-23-17(21)10-16(18(22)24-6-2)20-13-7-8-14-11(3)12(4)19-15(14)9-13/h7-10,19-20H,5-6H2,1-4H3. The average molecular weight is 330 g/mol. The van der Waals surface area contributed by atoms with Crippen molar-refractivity contribution in [3.8, 4) is 0 Å². The van der Waals surface area contributed by atoms with Crippen LogP contribution in [0.2, 0.25) is 0 Å². The van der Waals surface area contributed by atoms with Crippen LogP contribution in [-0.4, -0.2) is 30.1 Å². The molecule has 1 aromatic carbocycles.